The Labute approximate surface area is 91.1 Å². The normalized spacial score (nSPS) is 15.1. The number of hydrogen-bond donors (Lipinski definition) is 1. The van der Waals surface area contributed by atoms with Crippen molar-refractivity contribution < 1.29 is 0 Å². The Morgan fingerprint density at radius 2 is 1.86 bits per heavy atom. The third-order valence-electron chi connectivity index (χ3n) is 2.23. The molecule has 0 aliphatic carbocycles. The third kappa shape index (κ3) is 3.03. The number of thioether (sulfide) groups is 1. The highest BCUT2D eigenvalue weighted by molar-refractivity contribution is 7.99. The predicted molar refractivity (Wildman–Crippen MR) is 65.7 cm³/mol. The maximum absolute atomic E-state index is 5.97. The lowest BCUT2D eigenvalue weighted by Crippen LogP contribution is -2.22. The van der Waals surface area contributed by atoms with Crippen LogP contribution >= 0.6 is 11.8 Å². The van der Waals surface area contributed by atoms with Gasteiger partial charge in [-0.25, -0.2) is 0 Å². The van der Waals surface area contributed by atoms with Crippen molar-refractivity contribution in [3.8, 4) is 0 Å². The molecule has 2 N–H and O–H groups in total. The second kappa shape index (κ2) is 5.42. The molecule has 14 heavy (non-hydrogen) atoms. The van der Waals surface area contributed by atoms with E-state index in [0.29, 0.717) is 5.25 Å². The Morgan fingerprint density at radius 1 is 1.29 bits per heavy atom. The Hall–Kier alpha value is -0.470. The number of nitrogens with two attached hydrogens (primary N) is 1. The summed E-state index contributed by atoms with van der Waals surface area (Å²) in [7, 11) is 0. The minimum Gasteiger partial charge on any atom is -0.327 e. The third-order valence-corrected chi connectivity index (χ3v) is 3.62. The van der Waals surface area contributed by atoms with E-state index in [9.17, 15) is 0 Å². The largest absolute Gasteiger partial charge is 0.327 e. The summed E-state index contributed by atoms with van der Waals surface area (Å²) in [5.41, 5.74) is 8.62. The van der Waals surface area contributed by atoms with E-state index in [1.165, 1.54) is 11.1 Å². The molecule has 0 saturated carbocycles. The second-order valence-corrected chi connectivity index (χ2v) is 5.06. The Morgan fingerprint density at radius 3 is 2.29 bits per heavy atom. The van der Waals surface area contributed by atoms with Gasteiger partial charge in [-0.3, -0.25) is 0 Å². The first kappa shape index (κ1) is 11.6. The lowest BCUT2D eigenvalue weighted by Gasteiger charge is -2.20. The van der Waals surface area contributed by atoms with Crippen molar-refractivity contribution in [2.75, 3.05) is 5.75 Å². The molecule has 0 bridgehead atoms. The average Bonchev–Trinajstić information content (AvgIpc) is 2.15. The summed E-state index contributed by atoms with van der Waals surface area (Å²) in [4.78, 5) is 0. The first-order valence-electron chi connectivity index (χ1n) is 5.09. The molecule has 1 nitrogen and oxygen atoms in total. The van der Waals surface area contributed by atoms with Crippen molar-refractivity contribution in [1.82, 2.24) is 0 Å². The molecule has 0 aromatic heterocycles. The molecule has 0 fully saturated rings. The van der Waals surface area contributed by atoms with Crippen LogP contribution < -0.4 is 5.73 Å². The SMILES string of the molecule is CCSC(c1ccc(C)cc1)C(C)N. The van der Waals surface area contributed by atoms with Gasteiger partial charge in [-0.05, 0) is 25.2 Å². The van der Waals surface area contributed by atoms with Gasteiger partial charge in [-0.2, -0.15) is 11.8 Å². The van der Waals surface area contributed by atoms with E-state index in [1.807, 2.05) is 11.8 Å². The van der Waals surface area contributed by atoms with Crippen molar-refractivity contribution in [3.63, 3.8) is 0 Å². The Kier molecular flexibility index (Phi) is 4.49. The summed E-state index contributed by atoms with van der Waals surface area (Å²) in [5.74, 6) is 1.11. The lowest BCUT2D eigenvalue weighted by molar-refractivity contribution is 0.721. The molecule has 78 valence electrons. The molecule has 0 aliphatic heterocycles. The second-order valence-electron chi connectivity index (χ2n) is 3.65. The molecule has 0 spiro atoms. The summed E-state index contributed by atoms with van der Waals surface area (Å²) in [6, 6.07) is 8.89. The summed E-state index contributed by atoms with van der Waals surface area (Å²) in [6.07, 6.45) is 0. The van der Waals surface area contributed by atoms with Gasteiger partial charge >= 0.3 is 0 Å². The standard InChI is InChI=1S/C12H19NS/c1-4-14-12(10(3)13)11-7-5-9(2)6-8-11/h5-8,10,12H,4,13H2,1-3H3. The van der Waals surface area contributed by atoms with Crippen LogP contribution in [0.1, 0.15) is 30.2 Å². The zero-order valence-electron chi connectivity index (χ0n) is 9.16. The molecule has 1 rings (SSSR count). The smallest absolute Gasteiger partial charge is 0.0445 e. The molecule has 2 unspecified atom stereocenters. The minimum absolute atomic E-state index is 0.211. The van der Waals surface area contributed by atoms with Crippen LogP contribution in [0.25, 0.3) is 0 Å². The van der Waals surface area contributed by atoms with Gasteiger partial charge in [0.15, 0.2) is 0 Å². The van der Waals surface area contributed by atoms with E-state index >= 15 is 0 Å². The van der Waals surface area contributed by atoms with E-state index in [0.717, 1.165) is 5.75 Å². The van der Waals surface area contributed by atoms with Crippen LogP contribution in [0, 0.1) is 6.92 Å². The highest BCUT2D eigenvalue weighted by atomic mass is 32.2. The van der Waals surface area contributed by atoms with Crippen LogP contribution in [0.3, 0.4) is 0 Å². The van der Waals surface area contributed by atoms with E-state index in [4.69, 9.17) is 5.73 Å². The van der Waals surface area contributed by atoms with E-state index in [1.54, 1.807) is 0 Å². The van der Waals surface area contributed by atoms with Gasteiger partial charge < -0.3 is 5.73 Å². The average molecular weight is 209 g/mol. The minimum atomic E-state index is 0.211. The molecule has 0 heterocycles. The van der Waals surface area contributed by atoms with Gasteiger partial charge in [-0.15, -0.1) is 0 Å². The van der Waals surface area contributed by atoms with Crippen molar-refractivity contribution >= 4 is 11.8 Å². The van der Waals surface area contributed by atoms with Crippen LogP contribution in [-0.4, -0.2) is 11.8 Å². The predicted octanol–water partition coefficient (Wildman–Crippen LogP) is 3.14. The first-order chi connectivity index (χ1) is 6.65. The fourth-order valence-corrected chi connectivity index (χ4v) is 2.50. The van der Waals surface area contributed by atoms with Gasteiger partial charge in [0.05, 0.1) is 0 Å². The van der Waals surface area contributed by atoms with Crippen molar-refractivity contribution in [2.45, 2.75) is 32.1 Å². The van der Waals surface area contributed by atoms with E-state index in [2.05, 4.69) is 45.0 Å². The van der Waals surface area contributed by atoms with Crippen LogP contribution in [0.4, 0.5) is 0 Å². The number of rotatable bonds is 4. The molecule has 1 aromatic rings. The lowest BCUT2D eigenvalue weighted by atomic mass is 10.1. The van der Waals surface area contributed by atoms with E-state index < -0.39 is 0 Å². The molecule has 0 saturated heterocycles. The highest BCUT2D eigenvalue weighted by Gasteiger charge is 2.15. The topological polar surface area (TPSA) is 26.0 Å². The monoisotopic (exact) mass is 209 g/mol. The highest BCUT2D eigenvalue weighted by Crippen LogP contribution is 2.30. The zero-order valence-corrected chi connectivity index (χ0v) is 9.97. The fraction of sp³-hybridized carbons (Fsp3) is 0.500. The fourth-order valence-electron chi connectivity index (χ4n) is 1.49. The molecule has 0 radical (unpaired) electrons. The molecular weight excluding hydrogens is 190 g/mol. The van der Waals surface area contributed by atoms with Crippen LogP contribution in [0.15, 0.2) is 24.3 Å². The number of aryl methyl sites for hydroxylation is 1. The maximum atomic E-state index is 5.97. The summed E-state index contributed by atoms with van der Waals surface area (Å²) in [6.45, 7) is 6.36. The van der Waals surface area contributed by atoms with Gasteiger partial charge in [0.1, 0.15) is 0 Å². The summed E-state index contributed by atoms with van der Waals surface area (Å²) < 4.78 is 0. The number of benzene rings is 1. The van der Waals surface area contributed by atoms with Crippen molar-refractivity contribution in [1.29, 1.82) is 0 Å². The van der Waals surface area contributed by atoms with Gasteiger partial charge in [-0.1, -0.05) is 36.8 Å². The Balaban J connectivity index is 2.82. The van der Waals surface area contributed by atoms with Crippen molar-refractivity contribution in [3.05, 3.63) is 35.4 Å². The maximum Gasteiger partial charge on any atom is 0.0445 e. The van der Waals surface area contributed by atoms with Gasteiger partial charge in [0.25, 0.3) is 0 Å². The quantitative estimate of drug-likeness (QED) is 0.824. The van der Waals surface area contributed by atoms with Crippen molar-refractivity contribution in [2.24, 2.45) is 5.73 Å². The molecule has 0 aliphatic rings. The summed E-state index contributed by atoms with van der Waals surface area (Å²) >= 11 is 1.92. The molecule has 1 aromatic carbocycles. The van der Waals surface area contributed by atoms with Gasteiger partial charge in [0.2, 0.25) is 0 Å². The molecule has 0 amide bonds. The van der Waals surface area contributed by atoms with Crippen LogP contribution in [-0.2, 0) is 0 Å². The first-order valence-corrected chi connectivity index (χ1v) is 6.13. The van der Waals surface area contributed by atoms with Crippen LogP contribution in [0.5, 0.6) is 0 Å². The molecule has 2 atom stereocenters. The molecule has 2 heteroatoms. The van der Waals surface area contributed by atoms with Crippen LogP contribution in [0.2, 0.25) is 0 Å². The summed E-state index contributed by atoms with van der Waals surface area (Å²) in [5, 5.41) is 0.431. The van der Waals surface area contributed by atoms with Gasteiger partial charge in [0, 0.05) is 11.3 Å². The molecular formula is C12H19NS. The Bertz CT molecular complexity index is 266. The zero-order chi connectivity index (χ0) is 10.6. The van der Waals surface area contributed by atoms with E-state index in [-0.39, 0.29) is 6.04 Å². The number of hydrogen-bond acceptors (Lipinski definition) is 2.